The van der Waals surface area contributed by atoms with Crippen LogP contribution in [0.15, 0.2) is 12.1 Å². The Balaban J connectivity index is 2.31. The molecule has 1 aromatic carbocycles. The van der Waals surface area contributed by atoms with Crippen molar-refractivity contribution >= 4 is 0 Å². The van der Waals surface area contributed by atoms with E-state index in [1.165, 1.54) is 5.56 Å². The first-order valence-corrected chi connectivity index (χ1v) is 15.3. The minimum Gasteiger partial charge on any atom is -0.507 e. The van der Waals surface area contributed by atoms with Gasteiger partial charge in [0, 0.05) is 28.1 Å². The van der Waals surface area contributed by atoms with Crippen LogP contribution in [-0.2, 0) is 20.5 Å². The van der Waals surface area contributed by atoms with Crippen LogP contribution in [0.5, 0.6) is 5.75 Å². The zero-order valence-electron chi connectivity index (χ0n) is 28.8. The zero-order valence-corrected chi connectivity index (χ0v) is 28.8. The summed E-state index contributed by atoms with van der Waals surface area (Å²) in [5.41, 5.74) is 2.52. The van der Waals surface area contributed by atoms with E-state index in [2.05, 4.69) is 119 Å². The van der Waals surface area contributed by atoms with Crippen molar-refractivity contribution in [2.24, 2.45) is 11.8 Å². The average molecular weight is 558 g/mol. The number of piperidine rings is 2. The molecule has 1 aromatic rings. The van der Waals surface area contributed by atoms with Crippen LogP contribution in [0, 0.1) is 17.8 Å². The van der Waals surface area contributed by atoms with Gasteiger partial charge in [-0.3, -0.25) is 0 Å². The molecule has 2 aliphatic heterocycles. The number of rotatable bonds is 5. The van der Waals surface area contributed by atoms with E-state index in [0.717, 1.165) is 36.8 Å². The molecule has 2 saturated heterocycles. The maximum Gasteiger partial charge on any atom is 0.123 e. The quantitative estimate of drug-likeness (QED) is 0.393. The summed E-state index contributed by atoms with van der Waals surface area (Å²) < 4.78 is 0. The van der Waals surface area contributed by atoms with Gasteiger partial charge < -0.3 is 14.8 Å². The third-order valence-corrected chi connectivity index (χ3v) is 9.49. The molecule has 2 heterocycles. The zero-order chi connectivity index (χ0) is 30.9. The predicted octanol–water partition coefficient (Wildman–Crippen LogP) is 8.57. The number of benzene rings is 1. The Morgan fingerprint density at radius 2 is 0.925 bits per heavy atom. The molecule has 0 atom stereocenters. The van der Waals surface area contributed by atoms with Crippen molar-refractivity contribution in [3.05, 3.63) is 34.7 Å². The molecule has 40 heavy (non-hydrogen) atoms. The number of nitrogens with zero attached hydrogens (tertiary/aromatic N) is 2. The van der Waals surface area contributed by atoms with E-state index >= 15 is 0 Å². The highest BCUT2D eigenvalue weighted by Crippen LogP contribution is 2.55. The molecular weight excluding hydrogens is 496 g/mol. The highest BCUT2D eigenvalue weighted by molar-refractivity contribution is 5.53. The topological polar surface area (TPSA) is 45.2 Å². The van der Waals surface area contributed by atoms with Crippen LogP contribution in [0.3, 0.4) is 0 Å². The van der Waals surface area contributed by atoms with Gasteiger partial charge in [-0.05, 0) is 120 Å². The molecular formula is C35H61N2O3. The third kappa shape index (κ3) is 6.28. The van der Waals surface area contributed by atoms with E-state index in [0.29, 0.717) is 17.6 Å². The molecule has 0 amide bonds. The van der Waals surface area contributed by atoms with Crippen LogP contribution in [0.4, 0.5) is 0 Å². The molecule has 2 aliphatic rings. The van der Waals surface area contributed by atoms with Gasteiger partial charge in [-0.2, -0.15) is 10.1 Å². The summed E-state index contributed by atoms with van der Waals surface area (Å²) in [4.78, 5) is 12.0. The Morgan fingerprint density at radius 3 is 1.15 bits per heavy atom. The second-order valence-electron chi connectivity index (χ2n) is 17.3. The summed E-state index contributed by atoms with van der Waals surface area (Å²) in [6.07, 6.45) is 4.06. The fourth-order valence-corrected chi connectivity index (χ4v) is 8.70. The highest BCUT2D eigenvalue weighted by atomic mass is 16.7. The molecule has 0 bridgehead atoms. The molecule has 0 aliphatic carbocycles. The lowest BCUT2D eigenvalue weighted by Crippen LogP contribution is -2.63. The van der Waals surface area contributed by atoms with Gasteiger partial charge in [0.25, 0.3) is 0 Å². The summed E-state index contributed by atoms with van der Waals surface area (Å²) in [5.74, 6) is 2.76. The minimum atomic E-state index is -0.179. The van der Waals surface area contributed by atoms with Crippen LogP contribution >= 0.6 is 0 Å². The molecule has 1 N–H and O–H groups in total. The van der Waals surface area contributed by atoms with Crippen LogP contribution in [0.25, 0.3) is 0 Å². The second-order valence-corrected chi connectivity index (χ2v) is 17.3. The predicted molar refractivity (Wildman–Crippen MR) is 167 cm³/mol. The Morgan fingerprint density at radius 1 is 0.650 bits per heavy atom. The molecule has 0 unspecified atom stereocenters. The number of hydrogen-bond donors (Lipinski definition) is 1. The molecule has 229 valence electrons. The van der Waals surface area contributed by atoms with Crippen molar-refractivity contribution < 1.29 is 14.8 Å². The number of hydrogen-bond acceptors (Lipinski definition) is 5. The second kappa shape index (κ2) is 10.5. The van der Waals surface area contributed by atoms with Crippen molar-refractivity contribution in [1.82, 2.24) is 10.1 Å². The van der Waals surface area contributed by atoms with Gasteiger partial charge >= 0.3 is 0 Å². The van der Waals surface area contributed by atoms with E-state index < -0.39 is 0 Å². The maximum atomic E-state index is 11.6. The summed E-state index contributed by atoms with van der Waals surface area (Å²) in [6.45, 7) is 31.8. The molecule has 2 fully saturated rings. The smallest absolute Gasteiger partial charge is 0.123 e. The van der Waals surface area contributed by atoms with Gasteiger partial charge in [-0.15, -0.1) is 0 Å². The van der Waals surface area contributed by atoms with E-state index in [9.17, 15) is 5.11 Å². The number of aromatic hydroxyl groups is 1. The van der Waals surface area contributed by atoms with Gasteiger partial charge in [-0.25, -0.2) is 0 Å². The van der Waals surface area contributed by atoms with E-state index in [-0.39, 0.29) is 33.0 Å². The Kier molecular flexibility index (Phi) is 8.79. The number of hydroxylamine groups is 4. The number of phenolic OH excluding ortho intramolecular Hbond substituents is 1. The largest absolute Gasteiger partial charge is 0.507 e. The van der Waals surface area contributed by atoms with Crippen molar-refractivity contribution in [2.45, 2.75) is 156 Å². The van der Waals surface area contributed by atoms with E-state index in [1.807, 2.05) is 14.2 Å². The van der Waals surface area contributed by atoms with Crippen LogP contribution < -0.4 is 0 Å². The third-order valence-electron chi connectivity index (χ3n) is 9.49. The lowest BCUT2D eigenvalue weighted by Gasteiger charge is -2.58. The minimum absolute atomic E-state index is 0.124. The molecule has 5 heteroatoms. The van der Waals surface area contributed by atoms with Crippen molar-refractivity contribution in [2.75, 3.05) is 14.2 Å². The van der Waals surface area contributed by atoms with Crippen LogP contribution in [0.1, 0.15) is 139 Å². The first-order valence-electron chi connectivity index (χ1n) is 15.3. The van der Waals surface area contributed by atoms with Crippen LogP contribution in [0.2, 0.25) is 0 Å². The van der Waals surface area contributed by atoms with E-state index in [4.69, 9.17) is 9.68 Å². The number of phenols is 1. The lowest BCUT2D eigenvalue weighted by molar-refractivity contribution is -0.276. The highest BCUT2D eigenvalue weighted by Gasteiger charge is 2.54. The lowest BCUT2D eigenvalue weighted by atomic mass is 9.60. The fraction of sp³-hybridized carbons (Fsp3) is 0.800. The normalized spacial score (nSPS) is 24.5. The summed E-state index contributed by atoms with van der Waals surface area (Å²) in [5, 5.41) is 16.0. The van der Waals surface area contributed by atoms with Gasteiger partial charge in [0.15, 0.2) is 0 Å². The maximum absolute atomic E-state index is 11.6. The van der Waals surface area contributed by atoms with Crippen LogP contribution in [-0.4, -0.2) is 51.6 Å². The van der Waals surface area contributed by atoms with Gasteiger partial charge in [0.05, 0.1) is 14.2 Å². The molecule has 1 radical (unpaired) electrons. The monoisotopic (exact) mass is 557 g/mol. The van der Waals surface area contributed by atoms with Gasteiger partial charge in [0.2, 0.25) is 0 Å². The van der Waals surface area contributed by atoms with E-state index in [1.54, 1.807) is 5.92 Å². The molecule has 0 spiro atoms. The Bertz CT molecular complexity index is 942. The molecule has 0 saturated carbocycles. The molecule has 5 nitrogen and oxygen atoms in total. The first-order chi connectivity index (χ1) is 17.9. The molecule has 0 aromatic heterocycles. The summed E-state index contributed by atoms with van der Waals surface area (Å²) in [6, 6.07) is 4.65. The SMILES string of the molecule is CON1C(C)(C)CC([C](c2cc(C(C)(C)C)c(O)c(C(C)(C)C)c2)C2CC(C)(C)N(OC)C(C)(C)C2)CC1(C)C. The summed E-state index contributed by atoms with van der Waals surface area (Å²) in [7, 11) is 3.62. The van der Waals surface area contributed by atoms with Gasteiger partial charge in [-0.1, -0.05) is 53.7 Å². The first kappa shape index (κ1) is 33.4. The standard InChI is InChI=1S/C35H61N2O3/c1-30(2,3)26-17-23(18-27(29(26)38)31(4,5)6)28(24-19-32(7,8)36(39-15)33(9,10)20-24)25-21-34(11,12)37(40-16)35(13,14)22-25/h17-18,24-25,38H,19-22H2,1-16H3. The Hall–Kier alpha value is -1.14. The van der Waals surface area contributed by atoms with Crippen molar-refractivity contribution in [3.8, 4) is 5.75 Å². The summed E-state index contributed by atoms with van der Waals surface area (Å²) >= 11 is 0. The fourth-order valence-electron chi connectivity index (χ4n) is 8.70. The average Bonchev–Trinajstić information content (AvgIpc) is 2.70. The van der Waals surface area contributed by atoms with Gasteiger partial charge in [0.1, 0.15) is 5.75 Å². The Labute approximate surface area is 246 Å². The van der Waals surface area contributed by atoms with Crippen molar-refractivity contribution in [3.63, 3.8) is 0 Å². The van der Waals surface area contributed by atoms with Crippen molar-refractivity contribution in [1.29, 1.82) is 0 Å². The molecule has 3 rings (SSSR count).